The van der Waals surface area contributed by atoms with Gasteiger partial charge in [0.15, 0.2) is 0 Å². The molecule has 0 unspecified atom stereocenters. The lowest BCUT2D eigenvalue weighted by Gasteiger charge is -2.18. The van der Waals surface area contributed by atoms with E-state index in [-0.39, 0.29) is 10.8 Å². The van der Waals surface area contributed by atoms with Crippen molar-refractivity contribution in [2.75, 3.05) is 25.4 Å². The minimum Gasteiger partial charge on any atom is -0.493 e. The van der Waals surface area contributed by atoms with Crippen LogP contribution in [0.2, 0.25) is 0 Å². The molecule has 0 amide bonds. The Morgan fingerprint density at radius 1 is 1.03 bits per heavy atom. The van der Waals surface area contributed by atoms with Gasteiger partial charge in [-0.2, -0.15) is 4.31 Å². The number of aromatic nitrogens is 2. The smallest absolute Gasteiger partial charge is 0.276 e. The minimum absolute atomic E-state index is 0.211. The van der Waals surface area contributed by atoms with Crippen molar-refractivity contribution in [3.63, 3.8) is 0 Å². The van der Waals surface area contributed by atoms with Gasteiger partial charge in [0, 0.05) is 24.4 Å². The molecule has 0 spiro atoms. The van der Waals surface area contributed by atoms with Crippen LogP contribution in [0.25, 0.3) is 11.5 Å². The highest BCUT2D eigenvalue weighted by Gasteiger charge is 2.22. The fourth-order valence-electron chi connectivity index (χ4n) is 3.19. The van der Waals surface area contributed by atoms with Gasteiger partial charge in [-0.25, -0.2) is 8.42 Å². The Morgan fingerprint density at radius 3 is 2.42 bits per heavy atom. The molecular weight excluding hydrogens is 434 g/mol. The van der Waals surface area contributed by atoms with Gasteiger partial charge in [-0.15, -0.1) is 10.2 Å². The minimum atomic E-state index is -3.55. The van der Waals surface area contributed by atoms with E-state index in [1.165, 1.54) is 16.1 Å². The van der Waals surface area contributed by atoms with E-state index in [0.29, 0.717) is 36.2 Å². The first kappa shape index (κ1) is 23.3. The molecule has 0 saturated heterocycles. The summed E-state index contributed by atoms with van der Waals surface area (Å²) in [6.45, 7) is 9.03. The van der Waals surface area contributed by atoms with Gasteiger partial charge in [0.25, 0.3) is 5.22 Å². The Hall–Kier alpha value is -2.36. The number of rotatable bonds is 10. The zero-order chi connectivity index (χ0) is 22.4. The summed E-state index contributed by atoms with van der Waals surface area (Å²) in [5.74, 6) is 1.77. The van der Waals surface area contributed by atoms with Crippen molar-refractivity contribution in [2.24, 2.45) is 0 Å². The molecular formula is C22H27N3O4S2. The van der Waals surface area contributed by atoms with Crippen LogP contribution in [-0.2, 0) is 10.0 Å². The average Bonchev–Trinajstić information content (AvgIpc) is 3.20. The summed E-state index contributed by atoms with van der Waals surface area (Å²) < 4.78 is 38.4. The number of nitrogens with zero attached hydrogens (tertiary/aromatic N) is 3. The molecule has 0 N–H and O–H groups in total. The predicted molar refractivity (Wildman–Crippen MR) is 122 cm³/mol. The third-order valence-corrected chi connectivity index (χ3v) is 7.43. The summed E-state index contributed by atoms with van der Waals surface area (Å²) in [5, 5.41) is 8.54. The first-order valence-electron chi connectivity index (χ1n) is 10.1. The Balaban J connectivity index is 1.63. The van der Waals surface area contributed by atoms with Gasteiger partial charge in [0.05, 0.1) is 11.5 Å². The van der Waals surface area contributed by atoms with Crippen LogP contribution in [0.3, 0.4) is 0 Å². The fraction of sp³-hybridized carbons (Fsp3) is 0.364. The predicted octanol–water partition coefficient (Wildman–Crippen LogP) is 4.56. The summed E-state index contributed by atoms with van der Waals surface area (Å²) >= 11 is 1.39. The van der Waals surface area contributed by atoms with Crippen molar-refractivity contribution in [3.8, 4) is 17.2 Å². The van der Waals surface area contributed by atoms with Crippen molar-refractivity contribution in [1.29, 1.82) is 0 Å². The second-order valence-corrected chi connectivity index (χ2v) is 9.99. The fourth-order valence-corrected chi connectivity index (χ4v) is 5.27. The number of aryl methyl sites for hydroxylation is 2. The van der Waals surface area contributed by atoms with Gasteiger partial charge >= 0.3 is 0 Å². The third-order valence-electron chi connectivity index (χ3n) is 4.60. The maximum absolute atomic E-state index is 12.8. The Kier molecular flexibility index (Phi) is 7.74. The highest BCUT2D eigenvalue weighted by atomic mass is 32.2. The van der Waals surface area contributed by atoms with E-state index < -0.39 is 10.0 Å². The second kappa shape index (κ2) is 10.3. The van der Waals surface area contributed by atoms with Gasteiger partial charge in [0.2, 0.25) is 15.9 Å². The Morgan fingerprint density at radius 2 is 1.74 bits per heavy atom. The van der Waals surface area contributed by atoms with Gasteiger partial charge in [-0.3, -0.25) is 0 Å². The SMILES string of the molecule is CCN(CC)S(=O)(=O)c1cccc(-c2nnc(SCCOc3cc(C)cc(C)c3)o2)c1. The summed E-state index contributed by atoms with van der Waals surface area (Å²) in [4.78, 5) is 0.211. The van der Waals surface area contributed by atoms with Crippen LogP contribution in [0.5, 0.6) is 5.75 Å². The highest BCUT2D eigenvalue weighted by Crippen LogP contribution is 2.26. The average molecular weight is 462 g/mol. The van der Waals surface area contributed by atoms with Crippen LogP contribution in [0, 0.1) is 13.8 Å². The summed E-state index contributed by atoms with van der Waals surface area (Å²) in [5.41, 5.74) is 2.89. The van der Waals surface area contributed by atoms with Crippen molar-refractivity contribution < 1.29 is 17.6 Å². The zero-order valence-corrected chi connectivity index (χ0v) is 19.8. The number of sulfonamides is 1. The molecule has 1 heterocycles. The maximum Gasteiger partial charge on any atom is 0.276 e. The zero-order valence-electron chi connectivity index (χ0n) is 18.2. The van der Waals surface area contributed by atoms with Crippen LogP contribution < -0.4 is 4.74 Å². The van der Waals surface area contributed by atoms with Crippen molar-refractivity contribution in [2.45, 2.75) is 37.8 Å². The number of ether oxygens (including phenoxy) is 1. The third kappa shape index (κ3) is 5.87. The molecule has 0 atom stereocenters. The van der Waals surface area contributed by atoms with Gasteiger partial charge in [-0.1, -0.05) is 37.7 Å². The van der Waals surface area contributed by atoms with Gasteiger partial charge in [-0.05, 0) is 55.3 Å². The van der Waals surface area contributed by atoms with E-state index in [1.807, 2.05) is 39.8 Å². The lowest BCUT2D eigenvalue weighted by molar-refractivity contribution is 0.342. The van der Waals surface area contributed by atoms with Gasteiger partial charge < -0.3 is 9.15 Å². The highest BCUT2D eigenvalue weighted by molar-refractivity contribution is 7.99. The molecule has 0 aliphatic rings. The largest absolute Gasteiger partial charge is 0.493 e. The van der Waals surface area contributed by atoms with Crippen molar-refractivity contribution in [3.05, 3.63) is 53.6 Å². The van der Waals surface area contributed by atoms with E-state index in [4.69, 9.17) is 9.15 Å². The molecule has 31 heavy (non-hydrogen) atoms. The molecule has 0 aliphatic heterocycles. The van der Waals surface area contributed by atoms with Gasteiger partial charge in [0.1, 0.15) is 5.75 Å². The lowest BCUT2D eigenvalue weighted by atomic mass is 10.1. The molecule has 9 heteroatoms. The van der Waals surface area contributed by atoms with E-state index >= 15 is 0 Å². The Bertz CT molecular complexity index is 1110. The maximum atomic E-state index is 12.8. The topological polar surface area (TPSA) is 85.5 Å². The van der Waals surface area contributed by atoms with E-state index in [9.17, 15) is 8.42 Å². The van der Waals surface area contributed by atoms with Crippen LogP contribution in [0.1, 0.15) is 25.0 Å². The second-order valence-electron chi connectivity index (χ2n) is 7.01. The molecule has 3 aromatic rings. The van der Waals surface area contributed by atoms with Crippen LogP contribution >= 0.6 is 11.8 Å². The first-order valence-corrected chi connectivity index (χ1v) is 12.5. The molecule has 2 aromatic carbocycles. The number of hydrogen-bond acceptors (Lipinski definition) is 7. The van der Waals surface area contributed by atoms with E-state index in [1.54, 1.807) is 24.3 Å². The summed E-state index contributed by atoms with van der Waals surface area (Å²) in [7, 11) is -3.55. The standard InChI is InChI=1S/C22H27N3O4S2/c1-5-25(6-2)31(26,27)20-9-7-8-18(15-20)21-23-24-22(29-21)30-11-10-28-19-13-16(3)12-17(4)14-19/h7-9,12-15H,5-6,10-11H2,1-4H3. The molecule has 0 radical (unpaired) electrons. The van der Waals surface area contributed by atoms with Crippen molar-refractivity contribution in [1.82, 2.24) is 14.5 Å². The molecule has 166 valence electrons. The van der Waals surface area contributed by atoms with Crippen LogP contribution in [0.15, 0.2) is 57.0 Å². The first-order chi connectivity index (χ1) is 14.8. The number of benzene rings is 2. The Labute approximate surface area is 187 Å². The molecule has 0 bridgehead atoms. The van der Waals surface area contributed by atoms with Crippen molar-refractivity contribution >= 4 is 21.8 Å². The summed E-state index contributed by atoms with van der Waals surface area (Å²) in [6, 6.07) is 12.7. The van der Waals surface area contributed by atoms with E-state index in [2.05, 4.69) is 16.3 Å². The van der Waals surface area contributed by atoms with E-state index in [0.717, 1.165) is 16.9 Å². The van der Waals surface area contributed by atoms with Crippen LogP contribution in [0.4, 0.5) is 0 Å². The monoisotopic (exact) mass is 461 g/mol. The number of hydrogen-bond donors (Lipinski definition) is 0. The normalized spacial score (nSPS) is 11.8. The molecule has 3 rings (SSSR count). The lowest BCUT2D eigenvalue weighted by Crippen LogP contribution is -2.30. The molecule has 1 aromatic heterocycles. The molecule has 0 aliphatic carbocycles. The quantitative estimate of drug-likeness (QED) is 0.323. The molecule has 7 nitrogen and oxygen atoms in total. The molecule has 0 fully saturated rings. The number of thioether (sulfide) groups is 1. The molecule has 0 saturated carbocycles. The summed E-state index contributed by atoms with van der Waals surface area (Å²) in [6.07, 6.45) is 0. The van der Waals surface area contributed by atoms with Crippen LogP contribution in [-0.4, -0.2) is 48.4 Å².